The molecule has 0 saturated carbocycles. The van der Waals surface area contributed by atoms with Gasteiger partial charge in [-0.25, -0.2) is 23.5 Å². The van der Waals surface area contributed by atoms with Crippen LogP contribution >= 0.6 is 0 Å². The van der Waals surface area contributed by atoms with Gasteiger partial charge in [0.1, 0.15) is 17.7 Å². The van der Waals surface area contributed by atoms with Crippen LogP contribution in [0.3, 0.4) is 0 Å². The number of fused-ring (bicyclic) bond motifs is 1. The molecule has 3 aromatic rings. The number of carbonyl (C=O) groups excluding carboxylic acids is 1. The van der Waals surface area contributed by atoms with E-state index >= 15 is 0 Å². The van der Waals surface area contributed by atoms with Gasteiger partial charge >= 0.3 is 5.97 Å². The Labute approximate surface area is 155 Å². The van der Waals surface area contributed by atoms with E-state index in [4.69, 9.17) is 5.26 Å². The van der Waals surface area contributed by atoms with Gasteiger partial charge in [0, 0.05) is 12.6 Å². The third kappa shape index (κ3) is 3.92. The monoisotopic (exact) mass is 372 g/mol. The normalized spacial score (nSPS) is 10.1. The zero-order valence-electron chi connectivity index (χ0n) is 15.4. The van der Waals surface area contributed by atoms with Gasteiger partial charge in [-0.05, 0) is 30.2 Å². The molecular weight excluding hydrogens is 354 g/mol. The molecule has 2 aromatic heterocycles. The minimum absolute atomic E-state index is 0.0126. The second-order valence-corrected chi connectivity index (χ2v) is 5.38. The Bertz CT molecular complexity index is 1040. The highest BCUT2D eigenvalue weighted by atomic mass is 19.1. The summed E-state index contributed by atoms with van der Waals surface area (Å²) in [6.07, 6.45) is 2.53. The molecule has 2 heterocycles. The van der Waals surface area contributed by atoms with Crippen LogP contribution in [0, 0.1) is 29.9 Å². The third-order valence-corrected chi connectivity index (χ3v) is 3.76. The number of aromatic nitrogens is 3. The average molecular weight is 372 g/mol. The summed E-state index contributed by atoms with van der Waals surface area (Å²) in [5.41, 5.74) is 0.900. The van der Waals surface area contributed by atoms with Crippen LogP contribution in [0.5, 0.6) is 0 Å². The van der Waals surface area contributed by atoms with Crippen molar-refractivity contribution in [2.45, 2.75) is 27.2 Å². The lowest BCUT2D eigenvalue weighted by molar-refractivity contribution is 0.0593. The summed E-state index contributed by atoms with van der Waals surface area (Å²) < 4.78 is 33.9. The number of rotatable bonds is 3. The van der Waals surface area contributed by atoms with Crippen molar-refractivity contribution in [3.63, 3.8) is 0 Å². The molecule has 0 radical (unpaired) electrons. The van der Waals surface area contributed by atoms with Gasteiger partial charge in [0.25, 0.3) is 0 Å². The summed E-state index contributed by atoms with van der Waals surface area (Å²) in [4.78, 5) is 20.0. The van der Waals surface area contributed by atoms with E-state index < -0.39 is 17.6 Å². The Morgan fingerprint density at radius 2 is 2.00 bits per heavy atom. The van der Waals surface area contributed by atoms with E-state index in [1.165, 1.54) is 30.8 Å². The lowest BCUT2D eigenvalue weighted by atomic mass is 10.1. The predicted octanol–water partition coefficient (Wildman–Crippen LogP) is 3.59. The maximum absolute atomic E-state index is 14.1. The number of nitrogens with zero attached hydrogens (tertiary/aromatic N) is 4. The highest BCUT2D eigenvalue weighted by Crippen LogP contribution is 2.20. The number of methoxy groups -OCH3 is 1. The number of nitriles is 1. The molecule has 0 bridgehead atoms. The van der Waals surface area contributed by atoms with Crippen LogP contribution in [0.25, 0.3) is 5.65 Å². The first-order valence-corrected chi connectivity index (χ1v) is 8.24. The van der Waals surface area contributed by atoms with Gasteiger partial charge in [-0.15, -0.1) is 0 Å². The summed E-state index contributed by atoms with van der Waals surface area (Å²) in [6.45, 7) is 5.46. The van der Waals surface area contributed by atoms with Crippen molar-refractivity contribution in [3.8, 4) is 6.07 Å². The van der Waals surface area contributed by atoms with Crippen molar-refractivity contribution in [2.75, 3.05) is 7.11 Å². The Morgan fingerprint density at radius 1 is 1.30 bits per heavy atom. The van der Waals surface area contributed by atoms with E-state index in [9.17, 15) is 13.6 Å². The van der Waals surface area contributed by atoms with Crippen molar-refractivity contribution in [2.24, 2.45) is 0 Å². The Morgan fingerprint density at radius 3 is 2.63 bits per heavy atom. The molecule has 6 nitrogen and oxygen atoms in total. The van der Waals surface area contributed by atoms with Crippen molar-refractivity contribution >= 4 is 11.6 Å². The van der Waals surface area contributed by atoms with Crippen LogP contribution in [0.1, 0.15) is 46.9 Å². The summed E-state index contributed by atoms with van der Waals surface area (Å²) >= 11 is 0. The molecule has 0 unspecified atom stereocenters. The van der Waals surface area contributed by atoms with Gasteiger partial charge in [-0.1, -0.05) is 13.8 Å². The lowest BCUT2D eigenvalue weighted by Gasteiger charge is -2.08. The lowest BCUT2D eigenvalue weighted by Crippen LogP contribution is -2.08. The predicted molar refractivity (Wildman–Crippen MR) is 94.3 cm³/mol. The van der Waals surface area contributed by atoms with E-state index in [2.05, 4.69) is 14.7 Å². The molecule has 0 saturated heterocycles. The fourth-order valence-electron chi connectivity index (χ4n) is 2.48. The number of ether oxygens (including phenoxy) is 1. The average Bonchev–Trinajstić information content (AvgIpc) is 3.11. The smallest absolute Gasteiger partial charge is 0.356 e. The number of imidazole rings is 1. The van der Waals surface area contributed by atoms with Crippen molar-refractivity contribution in [3.05, 3.63) is 64.4 Å². The first-order valence-electron chi connectivity index (χ1n) is 8.24. The van der Waals surface area contributed by atoms with Gasteiger partial charge in [-0.2, -0.15) is 5.26 Å². The maximum atomic E-state index is 14.1. The molecule has 140 valence electrons. The van der Waals surface area contributed by atoms with Gasteiger partial charge in [-0.3, -0.25) is 4.40 Å². The molecule has 0 aliphatic heterocycles. The van der Waals surface area contributed by atoms with Crippen LogP contribution in [-0.2, 0) is 11.2 Å². The molecule has 0 fully saturated rings. The number of halogens is 2. The number of hydrogen-bond donors (Lipinski definition) is 0. The maximum Gasteiger partial charge on any atom is 0.356 e. The molecule has 0 atom stereocenters. The van der Waals surface area contributed by atoms with Gasteiger partial charge in [0.05, 0.1) is 19.0 Å². The van der Waals surface area contributed by atoms with Crippen molar-refractivity contribution < 1.29 is 18.3 Å². The molecular formula is C19H18F2N4O2. The molecule has 27 heavy (non-hydrogen) atoms. The summed E-state index contributed by atoms with van der Waals surface area (Å²) in [7, 11) is 1.22. The van der Waals surface area contributed by atoms with Crippen LogP contribution in [-0.4, -0.2) is 27.4 Å². The molecule has 0 aliphatic carbocycles. The number of benzene rings is 1. The van der Waals surface area contributed by atoms with Crippen LogP contribution < -0.4 is 0 Å². The third-order valence-electron chi connectivity index (χ3n) is 3.76. The fourth-order valence-corrected chi connectivity index (χ4v) is 2.48. The minimum atomic E-state index is -0.638. The summed E-state index contributed by atoms with van der Waals surface area (Å²) in [5, 5.41) is 9.15. The number of aryl methyl sites for hydroxylation is 1. The quantitative estimate of drug-likeness (QED) is 0.657. The van der Waals surface area contributed by atoms with Crippen molar-refractivity contribution in [1.29, 1.82) is 5.26 Å². The number of hydrogen-bond acceptors (Lipinski definition) is 5. The molecule has 0 N–H and O–H groups in total. The van der Waals surface area contributed by atoms with Crippen LogP contribution in [0.15, 0.2) is 24.5 Å². The standard InChI is InChI=1S/C17H12F2N4O2.C2H6/c1-9-3-13(19)10(4-12(9)18)5-14-16-21-7-15(17(24)25-2)23(16)8-11(6-20)22-14;1-2/h3-4,7-8H,5H2,1-2H3;1-2H3. The second-order valence-electron chi connectivity index (χ2n) is 5.38. The van der Waals surface area contributed by atoms with Gasteiger partial charge < -0.3 is 4.74 Å². The van der Waals surface area contributed by atoms with Crippen molar-refractivity contribution in [1.82, 2.24) is 14.4 Å². The zero-order chi connectivity index (χ0) is 20.1. The first-order chi connectivity index (χ1) is 12.9. The minimum Gasteiger partial charge on any atom is -0.464 e. The van der Waals surface area contributed by atoms with Crippen LogP contribution in [0.4, 0.5) is 8.78 Å². The largest absolute Gasteiger partial charge is 0.464 e. The zero-order valence-corrected chi connectivity index (χ0v) is 15.4. The molecule has 0 amide bonds. The van der Waals surface area contributed by atoms with E-state index in [-0.39, 0.29) is 40.3 Å². The fraction of sp³-hybridized carbons (Fsp3) is 0.263. The number of esters is 1. The number of carbonyl (C=O) groups is 1. The van der Waals surface area contributed by atoms with Gasteiger partial charge in [0.2, 0.25) is 0 Å². The topological polar surface area (TPSA) is 80.3 Å². The molecule has 3 rings (SSSR count). The molecule has 1 aromatic carbocycles. The Balaban J connectivity index is 0.00000126. The summed E-state index contributed by atoms with van der Waals surface area (Å²) in [5.74, 6) is -1.76. The van der Waals surface area contributed by atoms with E-state index in [1.807, 2.05) is 19.9 Å². The van der Waals surface area contributed by atoms with E-state index in [0.29, 0.717) is 0 Å². The summed E-state index contributed by atoms with van der Waals surface area (Å²) in [6, 6.07) is 4.06. The highest BCUT2D eigenvalue weighted by Gasteiger charge is 2.18. The SMILES string of the molecule is CC.COC(=O)c1cnc2c(Cc3cc(F)c(C)cc3F)nc(C#N)cn12. The highest BCUT2D eigenvalue weighted by molar-refractivity contribution is 5.88. The first kappa shape index (κ1) is 20.0. The molecule has 8 heteroatoms. The Kier molecular flexibility index (Phi) is 6.19. The van der Waals surface area contributed by atoms with E-state index in [1.54, 1.807) is 0 Å². The van der Waals surface area contributed by atoms with Crippen LogP contribution in [0.2, 0.25) is 0 Å². The van der Waals surface area contributed by atoms with Gasteiger partial charge in [0.15, 0.2) is 17.0 Å². The second kappa shape index (κ2) is 8.36. The molecule has 0 spiro atoms. The Hall–Kier alpha value is -3.34. The van der Waals surface area contributed by atoms with E-state index in [0.717, 1.165) is 12.1 Å². The molecule has 0 aliphatic rings.